The number of nitrogens with one attached hydrogen (secondary N) is 1. The summed E-state index contributed by atoms with van der Waals surface area (Å²) in [6.07, 6.45) is 1.20. The van der Waals surface area contributed by atoms with Gasteiger partial charge in [0.05, 0.1) is 10.7 Å². The van der Waals surface area contributed by atoms with Crippen LogP contribution in [-0.4, -0.2) is 21.8 Å². The lowest BCUT2D eigenvalue weighted by Gasteiger charge is -2.15. The highest BCUT2D eigenvalue weighted by molar-refractivity contribution is 6.35. The van der Waals surface area contributed by atoms with Gasteiger partial charge < -0.3 is 10.1 Å². The van der Waals surface area contributed by atoms with Crippen molar-refractivity contribution in [2.75, 3.05) is 0 Å². The summed E-state index contributed by atoms with van der Waals surface area (Å²) >= 11 is 11.8. The zero-order chi connectivity index (χ0) is 16.3. The van der Waals surface area contributed by atoms with Crippen molar-refractivity contribution >= 4 is 29.1 Å². The van der Waals surface area contributed by atoms with Crippen LogP contribution in [0.2, 0.25) is 10.0 Å². The van der Waals surface area contributed by atoms with Gasteiger partial charge in [-0.2, -0.15) is 5.10 Å². The number of hydrogen-bond donors (Lipinski definition) is 1. The molecule has 1 unspecified atom stereocenters. The van der Waals surface area contributed by atoms with E-state index in [2.05, 4.69) is 10.4 Å². The van der Waals surface area contributed by atoms with Crippen molar-refractivity contribution in [3.8, 4) is 5.75 Å². The van der Waals surface area contributed by atoms with Gasteiger partial charge in [-0.05, 0) is 32.0 Å². The fourth-order valence-corrected chi connectivity index (χ4v) is 2.42. The van der Waals surface area contributed by atoms with Crippen molar-refractivity contribution in [2.45, 2.75) is 26.5 Å². The molecule has 0 bridgehead atoms. The molecular weight excluding hydrogens is 325 g/mol. The van der Waals surface area contributed by atoms with E-state index in [9.17, 15) is 4.79 Å². The minimum absolute atomic E-state index is 0.228. The van der Waals surface area contributed by atoms with Crippen LogP contribution in [0.1, 0.15) is 18.2 Å². The van der Waals surface area contributed by atoms with Crippen molar-refractivity contribution < 1.29 is 9.53 Å². The third-order valence-corrected chi connectivity index (χ3v) is 3.67. The zero-order valence-electron chi connectivity index (χ0n) is 12.6. The van der Waals surface area contributed by atoms with E-state index < -0.39 is 6.10 Å². The summed E-state index contributed by atoms with van der Waals surface area (Å²) in [5.41, 5.74) is 1.85. The molecule has 0 aliphatic rings. The summed E-state index contributed by atoms with van der Waals surface area (Å²) in [5.74, 6) is 0.195. The molecule has 5 nitrogen and oxygen atoms in total. The zero-order valence-corrected chi connectivity index (χ0v) is 14.1. The standard InChI is InChI=1S/C15H17Cl2N3O2/c1-9-11(8-20(3)19-9)7-18-15(21)10(2)22-14-5-4-12(16)6-13(14)17/h4-6,8,10H,7H2,1-3H3,(H,18,21). The molecule has 0 saturated carbocycles. The van der Waals surface area contributed by atoms with E-state index in [4.69, 9.17) is 27.9 Å². The molecule has 1 aromatic carbocycles. The van der Waals surface area contributed by atoms with Crippen LogP contribution in [-0.2, 0) is 18.4 Å². The molecule has 1 aromatic heterocycles. The van der Waals surface area contributed by atoms with Crippen LogP contribution >= 0.6 is 23.2 Å². The molecule has 118 valence electrons. The first-order chi connectivity index (χ1) is 10.4. The first-order valence-electron chi connectivity index (χ1n) is 6.75. The third-order valence-electron chi connectivity index (χ3n) is 3.14. The molecule has 1 N–H and O–H groups in total. The molecule has 22 heavy (non-hydrogen) atoms. The summed E-state index contributed by atoms with van der Waals surface area (Å²) in [4.78, 5) is 12.1. The summed E-state index contributed by atoms with van der Waals surface area (Å²) in [6, 6.07) is 4.87. The number of ether oxygens (including phenoxy) is 1. The quantitative estimate of drug-likeness (QED) is 0.908. The minimum atomic E-state index is -0.671. The van der Waals surface area contributed by atoms with Crippen LogP contribution < -0.4 is 10.1 Å². The highest BCUT2D eigenvalue weighted by Crippen LogP contribution is 2.28. The van der Waals surface area contributed by atoms with Crippen molar-refractivity contribution in [2.24, 2.45) is 7.05 Å². The predicted molar refractivity (Wildman–Crippen MR) is 86.3 cm³/mol. The number of rotatable bonds is 5. The van der Waals surface area contributed by atoms with Gasteiger partial charge in [0.15, 0.2) is 6.10 Å². The molecule has 0 aliphatic carbocycles. The number of amides is 1. The van der Waals surface area contributed by atoms with Crippen LogP contribution in [0.4, 0.5) is 0 Å². The van der Waals surface area contributed by atoms with Gasteiger partial charge >= 0.3 is 0 Å². The lowest BCUT2D eigenvalue weighted by Crippen LogP contribution is -2.36. The molecule has 1 heterocycles. The molecule has 0 radical (unpaired) electrons. The Balaban J connectivity index is 1.93. The van der Waals surface area contributed by atoms with Gasteiger partial charge in [0.1, 0.15) is 5.75 Å². The lowest BCUT2D eigenvalue weighted by molar-refractivity contribution is -0.127. The average molecular weight is 342 g/mol. The Morgan fingerprint density at radius 3 is 2.77 bits per heavy atom. The summed E-state index contributed by atoms with van der Waals surface area (Å²) < 4.78 is 7.27. The Bertz CT molecular complexity index is 685. The van der Waals surface area contributed by atoms with Crippen molar-refractivity contribution in [1.29, 1.82) is 0 Å². The number of aromatic nitrogens is 2. The van der Waals surface area contributed by atoms with Crippen LogP contribution in [0.3, 0.4) is 0 Å². The van der Waals surface area contributed by atoms with Crippen LogP contribution in [0.25, 0.3) is 0 Å². The maximum Gasteiger partial charge on any atom is 0.261 e. The second-order valence-corrected chi connectivity index (χ2v) is 5.81. The molecule has 0 saturated heterocycles. The smallest absolute Gasteiger partial charge is 0.261 e. The average Bonchev–Trinajstić information content (AvgIpc) is 2.77. The number of halogens is 2. The highest BCUT2D eigenvalue weighted by atomic mass is 35.5. The molecule has 0 spiro atoms. The second-order valence-electron chi connectivity index (χ2n) is 4.97. The van der Waals surface area contributed by atoms with E-state index >= 15 is 0 Å². The van der Waals surface area contributed by atoms with E-state index in [1.54, 1.807) is 29.8 Å². The first kappa shape index (κ1) is 16.6. The Hall–Kier alpha value is -1.72. The lowest BCUT2D eigenvalue weighted by atomic mass is 10.2. The normalized spacial score (nSPS) is 12.0. The molecule has 7 heteroatoms. The van der Waals surface area contributed by atoms with Gasteiger partial charge in [0.2, 0.25) is 0 Å². The predicted octanol–water partition coefficient (Wildman–Crippen LogP) is 3.12. The summed E-state index contributed by atoms with van der Waals surface area (Å²) in [6.45, 7) is 3.96. The SMILES string of the molecule is Cc1nn(C)cc1CNC(=O)C(C)Oc1ccc(Cl)cc1Cl. The number of benzene rings is 1. The van der Waals surface area contributed by atoms with E-state index in [1.807, 2.05) is 20.2 Å². The van der Waals surface area contributed by atoms with Crippen molar-refractivity contribution in [3.05, 3.63) is 45.7 Å². The fraction of sp³-hybridized carbons (Fsp3) is 0.333. The molecule has 1 amide bonds. The number of aryl methyl sites for hydroxylation is 2. The maximum atomic E-state index is 12.1. The van der Waals surface area contributed by atoms with Crippen molar-refractivity contribution in [1.82, 2.24) is 15.1 Å². The highest BCUT2D eigenvalue weighted by Gasteiger charge is 2.16. The van der Waals surface area contributed by atoms with E-state index in [0.29, 0.717) is 22.3 Å². The third kappa shape index (κ3) is 4.15. The van der Waals surface area contributed by atoms with Gasteiger partial charge in [-0.25, -0.2) is 0 Å². The monoisotopic (exact) mass is 341 g/mol. The van der Waals surface area contributed by atoms with E-state index in [-0.39, 0.29) is 5.91 Å². The number of carbonyl (C=O) groups excluding carboxylic acids is 1. The van der Waals surface area contributed by atoms with Crippen LogP contribution in [0, 0.1) is 6.92 Å². The van der Waals surface area contributed by atoms with Crippen LogP contribution in [0.5, 0.6) is 5.75 Å². The van der Waals surface area contributed by atoms with Crippen LogP contribution in [0.15, 0.2) is 24.4 Å². The topological polar surface area (TPSA) is 56.2 Å². The minimum Gasteiger partial charge on any atom is -0.479 e. The Morgan fingerprint density at radius 2 is 2.18 bits per heavy atom. The molecule has 2 rings (SSSR count). The maximum absolute atomic E-state index is 12.1. The fourth-order valence-electron chi connectivity index (χ4n) is 1.96. The Kier molecular flexibility index (Phi) is 5.32. The largest absolute Gasteiger partial charge is 0.479 e. The number of hydrogen-bond acceptors (Lipinski definition) is 3. The van der Waals surface area contributed by atoms with Gasteiger partial charge in [0.25, 0.3) is 5.91 Å². The number of nitrogens with zero attached hydrogens (tertiary/aromatic N) is 2. The van der Waals surface area contributed by atoms with Gasteiger partial charge in [-0.15, -0.1) is 0 Å². The van der Waals surface area contributed by atoms with Gasteiger partial charge in [-0.3, -0.25) is 9.48 Å². The van der Waals surface area contributed by atoms with Gasteiger partial charge in [0, 0.05) is 30.4 Å². The molecule has 0 fully saturated rings. The molecule has 2 aromatic rings. The summed E-state index contributed by atoms with van der Waals surface area (Å²) in [5, 5.41) is 7.93. The van der Waals surface area contributed by atoms with Crippen molar-refractivity contribution in [3.63, 3.8) is 0 Å². The number of carbonyl (C=O) groups is 1. The van der Waals surface area contributed by atoms with E-state index in [0.717, 1.165) is 11.3 Å². The Morgan fingerprint density at radius 1 is 1.45 bits per heavy atom. The summed E-state index contributed by atoms with van der Waals surface area (Å²) in [7, 11) is 1.84. The second kappa shape index (κ2) is 7.03. The first-order valence-corrected chi connectivity index (χ1v) is 7.51. The van der Waals surface area contributed by atoms with E-state index in [1.165, 1.54) is 0 Å². The Labute approximate surface area is 139 Å². The molecule has 0 aliphatic heterocycles. The molecule has 1 atom stereocenters. The van der Waals surface area contributed by atoms with Gasteiger partial charge in [-0.1, -0.05) is 23.2 Å². The molecular formula is C15H17Cl2N3O2.